The highest BCUT2D eigenvalue weighted by atomic mass is 19.1. The zero-order valence-corrected chi connectivity index (χ0v) is 8.97. The molecule has 0 spiro atoms. The molecule has 0 fully saturated rings. The molecule has 0 aliphatic rings. The predicted octanol–water partition coefficient (Wildman–Crippen LogP) is 0.971. The van der Waals surface area contributed by atoms with Crippen molar-refractivity contribution in [2.24, 2.45) is 5.73 Å². The van der Waals surface area contributed by atoms with E-state index < -0.39 is 17.7 Å². The average molecular weight is 228 g/mol. The van der Waals surface area contributed by atoms with E-state index >= 15 is 0 Å². The minimum atomic E-state index is -0.600. The van der Waals surface area contributed by atoms with Crippen LogP contribution >= 0.6 is 0 Å². The normalized spacial score (nSPS) is 12.2. The number of rotatable bonds is 4. The second kappa shape index (κ2) is 5.55. The summed E-state index contributed by atoms with van der Waals surface area (Å²) in [4.78, 5) is 11.1. The maximum Gasteiger partial charge on any atom is 0.236 e. The molecule has 16 heavy (non-hydrogen) atoms. The number of amides is 1. The number of nitrogens with two attached hydrogens (primary N) is 1. The number of benzene rings is 1. The fourth-order valence-corrected chi connectivity index (χ4v) is 1.22. The van der Waals surface area contributed by atoms with Crippen LogP contribution in [0.5, 0.6) is 0 Å². The zero-order chi connectivity index (χ0) is 12.1. The first-order valence-corrected chi connectivity index (χ1v) is 4.98. The minimum Gasteiger partial charge on any atom is -0.354 e. The smallest absolute Gasteiger partial charge is 0.236 e. The summed E-state index contributed by atoms with van der Waals surface area (Å²) in [6.45, 7) is 1.79. The van der Waals surface area contributed by atoms with E-state index in [0.29, 0.717) is 0 Å². The molecule has 0 unspecified atom stereocenters. The van der Waals surface area contributed by atoms with Crippen LogP contribution in [0.2, 0.25) is 0 Å². The third-order valence-electron chi connectivity index (χ3n) is 2.11. The molecule has 0 aromatic heterocycles. The highest BCUT2D eigenvalue weighted by Gasteiger charge is 2.07. The molecule has 1 rings (SSSR count). The van der Waals surface area contributed by atoms with Crippen molar-refractivity contribution < 1.29 is 13.6 Å². The molecule has 1 aromatic rings. The van der Waals surface area contributed by atoms with Crippen molar-refractivity contribution in [2.75, 3.05) is 6.54 Å². The van der Waals surface area contributed by atoms with E-state index in [9.17, 15) is 13.6 Å². The van der Waals surface area contributed by atoms with Crippen LogP contribution in [0.1, 0.15) is 12.5 Å². The first-order chi connectivity index (χ1) is 7.50. The Morgan fingerprint density at radius 2 is 2.19 bits per heavy atom. The fraction of sp³-hybridized carbons (Fsp3) is 0.364. The SMILES string of the molecule is C[C@@H](N)C(=O)NCCc1cc(F)ccc1F. The Balaban J connectivity index is 2.49. The molecule has 3 nitrogen and oxygen atoms in total. The van der Waals surface area contributed by atoms with Gasteiger partial charge in [-0.1, -0.05) is 0 Å². The lowest BCUT2D eigenvalue weighted by Gasteiger charge is -2.08. The molecule has 1 amide bonds. The predicted molar refractivity (Wildman–Crippen MR) is 56.7 cm³/mol. The highest BCUT2D eigenvalue weighted by molar-refractivity contribution is 5.80. The molecule has 0 aliphatic carbocycles. The fourth-order valence-electron chi connectivity index (χ4n) is 1.22. The summed E-state index contributed by atoms with van der Waals surface area (Å²) in [5.74, 6) is -1.27. The minimum absolute atomic E-state index is 0.237. The maximum absolute atomic E-state index is 13.1. The van der Waals surface area contributed by atoms with Crippen LogP contribution in [-0.4, -0.2) is 18.5 Å². The standard InChI is InChI=1S/C11H14F2N2O/c1-7(14)11(16)15-5-4-8-6-9(12)2-3-10(8)13/h2-3,6-7H,4-5,14H2,1H3,(H,15,16)/t7-/m1/s1. The molecule has 5 heteroatoms. The van der Waals surface area contributed by atoms with E-state index in [-0.39, 0.29) is 24.4 Å². The van der Waals surface area contributed by atoms with Crippen LogP contribution in [0.25, 0.3) is 0 Å². The van der Waals surface area contributed by atoms with Crippen molar-refractivity contribution >= 4 is 5.91 Å². The van der Waals surface area contributed by atoms with E-state index in [1.54, 1.807) is 6.92 Å². The van der Waals surface area contributed by atoms with Gasteiger partial charge in [-0.25, -0.2) is 8.78 Å². The summed E-state index contributed by atoms with van der Waals surface area (Å²) in [5.41, 5.74) is 5.56. The van der Waals surface area contributed by atoms with Crippen molar-refractivity contribution in [2.45, 2.75) is 19.4 Å². The van der Waals surface area contributed by atoms with E-state index in [2.05, 4.69) is 5.32 Å². The molecule has 0 saturated carbocycles. The Morgan fingerprint density at radius 3 is 2.81 bits per heavy atom. The molecule has 0 heterocycles. The maximum atomic E-state index is 13.1. The van der Waals surface area contributed by atoms with Gasteiger partial charge >= 0.3 is 0 Å². The van der Waals surface area contributed by atoms with Crippen molar-refractivity contribution in [1.82, 2.24) is 5.32 Å². The summed E-state index contributed by atoms with van der Waals surface area (Å²) in [7, 11) is 0. The summed E-state index contributed by atoms with van der Waals surface area (Å²) >= 11 is 0. The molecule has 1 aromatic carbocycles. The number of halogens is 2. The zero-order valence-electron chi connectivity index (χ0n) is 8.97. The molecular weight excluding hydrogens is 214 g/mol. The van der Waals surface area contributed by atoms with Crippen molar-refractivity contribution in [1.29, 1.82) is 0 Å². The number of carbonyl (C=O) groups excluding carboxylic acids is 1. The van der Waals surface area contributed by atoms with Gasteiger partial charge in [0.1, 0.15) is 11.6 Å². The first-order valence-electron chi connectivity index (χ1n) is 4.98. The van der Waals surface area contributed by atoms with Crippen LogP contribution in [0.15, 0.2) is 18.2 Å². The van der Waals surface area contributed by atoms with Gasteiger partial charge in [-0.15, -0.1) is 0 Å². The largest absolute Gasteiger partial charge is 0.354 e. The Kier molecular flexibility index (Phi) is 4.37. The van der Waals surface area contributed by atoms with Gasteiger partial charge < -0.3 is 11.1 Å². The first kappa shape index (κ1) is 12.6. The third kappa shape index (κ3) is 3.58. The van der Waals surface area contributed by atoms with Crippen LogP contribution < -0.4 is 11.1 Å². The molecule has 3 N–H and O–H groups in total. The van der Waals surface area contributed by atoms with Crippen molar-refractivity contribution in [3.05, 3.63) is 35.4 Å². The van der Waals surface area contributed by atoms with Gasteiger partial charge in [-0.05, 0) is 37.1 Å². The molecular formula is C11H14F2N2O. The van der Waals surface area contributed by atoms with Crippen molar-refractivity contribution in [3.63, 3.8) is 0 Å². The van der Waals surface area contributed by atoms with Crippen LogP contribution in [0.3, 0.4) is 0 Å². The molecule has 0 bridgehead atoms. The molecule has 1 atom stereocenters. The molecule has 0 saturated heterocycles. The second-order valence-corrected chi connectivity index (χ2v) is 3.57. The number of carbonyl (C=O) groups is 1. The van der Waals surface area contributed by atoms with Gasteiger partial charge in [0.15, 0.2) is 0 Å². The van der Waals surface area contributed by atoms with Crippen LogP contribution in [-0.2, 0) is 11.2 Å². The topological polar surface area (TPSA) is 55.1 Å². The summed E-state index contributed by atoms with van der Waals surface area (Å²) in [5, 5.41) is 2.52. The lowest BCUT2D eigenvalue weighted by molar-refractivity contribution is -0.121. The quantitative estimate of drug-likeness (QED) is 0.806. The molecule has 0 aliphatic heterocycles. The van der Waals surface area contributed by atoms with E-state index in [1.807, 2.05) is 0 Å². The Bertz CT molecular complexity index is 380. The number of nitrogens with one attached hydrogen (secondary N) is 1. The van der Waals surface area contributed by atoms with Crippen LogP contribution in [0.4, 0.5) is 8.78 Å². The lowest BCUT2D eigenvalue weighted by atomic mass is 10.1. The van der Waals surface area contributed by atoms with Gasteiger partial charge in [0.05, 0.1) is 6.04 Å². The van der Waals surface area contributed by atoms with Gasteiger partial charge in [-0.3, -0.25) is 4.79 Å². The lowest BCUT2D eigenvalue weighted by Crippen LogP contribution is -2.39. The van der Waals surface area contributed by atoms with Crippen molar-refractivity contribution in [3.8, 4) is 0 Å². The molecule has 88 valence electrons. The second-order valence-electron chi connectivity index (χ2n) is 3.57. The average Bonchev–Trinajstić information content (AvgIpc) is 2.22. The Labute approximate surface area is 92.6 Å². The van der Waals surface area contributed by atoms with Gasteiger partial charge in [-0.2, -0.15) is 0 Å². The van der Waals surface area contributed by atoms with Gasteiger partial charge in [0, 0.05) is 6.54 Å². The third-order valence-corrected chi connectivity index (χ3v) is 2.11. The summed E-state index contributed by atoms with van der Waals surface area (Å²) < 4.78 is 25.9. The Morgan fingerprint density at radius 1 is 1.50 bits per heavy atom. The molecule has 0 radical (unpaired) electrons. The van der Waals surface area contributed by atoms with Gasteiger partial charge in [0.25, 0.3) is 0 Å². The van der Waals surface area contributed by atoms with Crippen LogP contribution in [0, 0.1) is 11.6 Å². The monoisotopic (exact) mass is 228 g/mol. The van der Waals surface area contributed by atoms with Gasteiger partial charge in [0.2, 0.25) is 5.91 Å². The number of hydrogen-bond donors (Lipinski definition) is 2. The Hall–Kier alpha value is -1.49. The summed E-state index contributed by atoms with van der Waals surface area (Å²) in [6.07, 6.45) is 0.238. The van der Waals surface area contributed by atoms with E-state index in [1.165, 1.54) is 0 Å². The summed E-state index contributed by atoms with van der Waals surface area (Å²) in [6, 6.07) is 2.64. The number of hydrogen-bond acceptors (Lipinski definition) is 2. The van der Waals surface area contributed by atoms with E-state index in [0.717, 1.165) is 18.2 Å². The highest BCUT2D eigenvalue weighted by Crippen LogP contribution is 2.09. The van der Waals surface area contributed by atoms with E-state index in [4.69, 9.17) is 5.73 Å².